The third-order valence-electron chi connectivity index (χ3n) is 5.64. The first-order valence-electron chi connectivity index (χ1n) is 10.9. The van der Waals surface area contributed by atoms with Crippen molar-refractivity contribution in [2.45, 2.75) is 37.0 Å². The van der Waals surface area contributed by atoms with Gasteiger partial charge in [0, 0.05) is 17.3 Å². The minimum absolute atomic E-state index is 0.126. The molecule has 9 heteroatoms. The van der Waals surface area contributed by atoms with Gasteiger partial charge in [-0.25, -0.2) is 0 Å². The first-order chi connectivity index (χ1) is 16.3. The highest BCUT2D eigenvalue weighted by Gasteiger charge is 2.31. The molecule has 0 bridgehead atoms. The van der Waals surface area contributed by atoms with Crippen molar-refractivity contribution in [3.63, 3.8) is 0 Å². The largest absolute Gasteiger partial charge is 0.362 e. The quantitative estimate of drug-likeness (QED) is 0.252. The van der Waals surface area contributed by atoms with Gasteiger partial charge < -0.3 is 5.32 Å². The van der Waals surface area contributed by atoms with Crippen molar-refractivity contribution in [2.75, 3.05) is 11.1 Å². The van der Waals surface area contributed by atoms with E-state index in [1.54, 1.807) is 37.4 Å². The second kappa shape index (κ2) is 12.1. The molecular formula is C26H31NO6S2. The lowest BCUT2D eigenvalue weighted by Crippen LogP contribution is -2.26. The van der Waals surface area contributed by atoms with Gasteiger partial charge in [0.05, 0.1) is 10.6 Å². The Bertz CT molecular complexity index is 1330. The van der Waals surface area contributed by atoms with Crippen molar-refractivity contribution in [3.8, 4) is 0 Å². The molecule has 2 rings (SSSR count). The number of rotatable bonds is 12. The summed E-state index contributed by atoms with van der Waals surface area (Å²) in [6.07, 6.45) is 11.2. The van der Waals surface area contributed by atoms with Crippen molar-refractivity contribution in [1.29, 1.82) is 0 Å². The van der Waals surface area contributed by atoms with Crippen LogP contribution >= 0.6 is 0 Å². The Labute approximate surface area is 208 Å². The van der Waals surface area contributed by atoms with Gasteiger partial charge in [-0.15, -0.1) is 0 Å². The first kappa shape index (κ1) is 28.3. The van der Waals surface area contributed by atoms with Crippen LogP contribution in [0.5, 0.6) is 0 Å². The van der Waals surface area contributed by atoms with Crippen LogP contribution in [-0.2, 0) is 25.7 Å². The summed E-state index contributed by atoms with van der Waals surface area (Å²) in [5.41, 5.74) is 2.06. The van der Waals surface area contributed by atoms with E-state index in [1.165, 1.54) is 12.1 Å². The van der Waals surface area contributed by atoms with E-state index in [9.17, 15) is 21.4 Å². The van der Waals surface area contributed by atoms with Crippen molar-refractivity contribution in [2.24, 2.45) is 0 Å². The molecule has 0 aromatic heterocycles. The van der Waals surface area contributed by atoms with Crippen LogP contribution in [0, 0.1) is 6.92 Å². The molecule has 2 aromatic carbocycles. The maximum absolute atomic E-state index is 11.7. The highest BCUT2D eigenvalue weighted by Crippen LogP contribution is 2.39. The molecule has 0 saturated carbocycles. The number of anilines is 1. The normalized spacial score (nSPS) is 14.5. The Morgan fingerprint density at radius 1 is 1.00 bits per heavy atom. The number of nitrogens with one attached hydrogen (secondary N) is 1. The fourth-order valence-corrected chi connectivity index (χ4v) is 4.67. The van der Waals surface area contributed by atoms with Gasteiger partial charge >= 0.3 is 0 Å². The number of hydrogen-bond donors (Lipinski definition) is 3. The molecule has 2 aromatic rings. The number of para-hydroxylation sites is 1. The van der Waals surface area contributed by atoms with E-state index < -0.39 is 31.4 Å². The van der Waals surface area contributed by atoms with E-state index in [1.807, 2.05) is 49.4 Å². The van der Waals surface area contributed by atoms with Crippen molar-refractivity contribution >= 4 is 25.9 Å². The van der Waals surface area contributed by atoms with Crippen molar-refractivity contribution < 1.29 is 25.9 Å². The number of allylic oxidation sites excluding steroid dienone is 6. The molecule has 0 aliphatic heterocycles. The summed E-state index contributed by atoms with van der Waals surface area (Å²) in [7, 11) is -8.58. The van der Waals surface area contributed by atoms with E-state index in [4.69, 9.17) is 4.55 Å². The SMILES string of the molecule is C=C(/C=C/C=C/C=C/Nc1ccccc1)C(C)(CCCS(=O)(=O)O)c1cc(S(=O)(=O)O)ccc1C. The van der Waals surface area contributed by atoms with Crippen LogP contribution in [0.3, 0.4) is 0 Å². The molecule has 3 N–H and O–H groups in total. The zero-order valence-corrected chi connectivity index (χ0v) is 21.4. The number of hydrogen-bond acceptors (Lipinski definition) is 5. The predicted molar refractivity (Wildman–Crippen MR) is 141 cm³/mol. The smallest absolute Gasteiger partial charge is 0.294 e. The monoisotopic (exact) mass is 517 g/mol. The van der Waals surface area contributed by atoms with Crippen LogP contribution in [-0.4, -0.2) is 31.7 Å². The molecule has 0 fully saturated rings. The molecule has 0 spiro atoms. The highest BCUT2D eigenvalue weighted by molar-refractivity contribution is 7.86. The summed E-state index contributed by atoms with van der Waals surface area (Å²) in [5, 5.41) is 3.14. The second-order valence-electron chi connectivity index (χ2n) is 8.31. The third-order valence-corrected chi connectivity index (χ3v) is 7.29. The molecule has 0 radical (unpaired) electrons. The Morgan fingerprint density at radius 2 is 1.66 bits per heavy atom. The zero-order valence-electron chi connectivity index (χ0n) is 19.8. The topological polar surface area (TPSA) is 121 Å². The molecule has 0 aliphatic rings. The van der Waals surface area contributed by atoms with Gasteiger partial charge in [-0.05, 0) is 66.8 Å². The van der Waals surface area contributed by atoms with E-state index >= 15 is 0 Å². The van der Waals surface area contributed by atoms with Crippen LogP contribution in [0.15, 0.2) is 102 Å². The summed E-state index contributed by atoms with van der Waals surface area (Å²) in [4.78, 5) is -0.258. The lowest BCUT2D eigenvalue weighted by Gasteiger charge is -2.33. The Hall–Kier alpha value is -2.98. The van der Waals surface area contributed by atoms with Gasteiger partial charge in [0.25, 0.3) is 20.2 Å². The number of benzene rings is 2. The molecule has 0 amide bonds. The minimum Gasteiger partial charge on any atom is -0.362 e. The number of aryl methyl sites for hydroxylation is 1. The molecule has 0 saturated heterocycles. The van der Waals surface area contributed by atoms with E-state index in [0.29, 0.717) is 11.1 Å². The van der Waals surface area contributed by atoms with Crippen LogP contribution in [0.1, 0.15) is 30.9 Å². The van der Waals surface area contributed by atoms with Gasteiger partial charge in [0.15, 0.2) is 0 Å². The van der Waals surface area contributed by atoms with Gasteiger partial charge in [0.1, 0.15) is 0 Å². The molecular weight excluding hydrogens is 486 g/mol. The standard InChI is InChI=1S/C26H31NO6S2/c1-21-15-16-24(35(31,32)33)20-25(21)26(3,17-11-19-34(28,29)30)22(2)12-7-4-5-10-18-27-23-13-8-6-9-14-23/h4-10,12-16,18,20,27H,2,11,17,19H2,1,3H3,(H,28,29,30)(H,31,32,33)/b5-4+,12-7+,18-10+. The average molecular weight is 518 g/mol. The molecule has 7 nitrogen and oxygen atoms in total. The van der Waals surface area contributed by atoms with Crippen molar-refractivity contribution in [1.82, 2.24) is 0 Å². The summed E-state index contributed by atoms with van der Waals surface area (Å²) < 4.78 is 64.6. The molecule has 1 unspecified atom stereocenters. The van der Waals surface area contributed by atoms with E-state index in [-0.39, 0.29) is 17.7 Å². The lowest BCUT2D eigenvalue weighted by atomic mass is 9.71. The van der Waals surface area contributed by atoms with Gasteiger partial charge in [0.2, 0.25) is 0 Å². The second-order valence-corrected chi connectivity index (χ2v) is 11.3. The fourth-order valence-electron chi connectivity index (χ4n) is 3.65. The first-order valence-corrected chi connectivity index (χ1v) is 13.9. The van der Waals surface area contributed by atoms with Crippen molar-refractivity contribution in [3.05, 3.63) is 108 Å². The fraction of sp³-hybridized carbons (Fsp3) is 0.231. The van der Waals surface area contributed by atoms with Crippen LogP contribution in [0.2, 0.25) is 0 Å². The summed E-state index contributed by atoms with van der Waals surface area (Å²) in [6, 6.07) is 14.0. The Balaban J connectivity index is 2.25. The summed E-state index contributed by atoms with van der Waals surface area (Å²) >= 11 is 0. The average Bonchev–Trinajstić information content (AvgIpc) is 2.77. The summed E-state index contributed by atoms with van der Waals surface area (Å²) in [6.45, 7) is 7.77. The molecule has 0 heterocycles. The maximum atomic E-state index is 11.7. The minimum atomic E-state index is -4.43. The molecule has 188 valence electrons. The van der Waals surface area contributed by atoms with Crippen LogP contribution in [0.4, 0.5) is 5.69 Å². The molecule has 0 aliphatic carbocycles. The van der Waals surface area contributed by atoms with Crippen LogP contribution < -0.4 is 5.32 Å². The Kier molecular flexibility index (Phi) is 9.79. The maximum Gasteiger partial charge on any atom is 0.294 e. The van der Waals surface area contributed by atoms with E-state index in [2.05, 4.69) is 11.9 Å². The van der Waals surface area contributed by atoms with Gasteiger partial charge in [-0.3, -0.25) is 9.11 Å². The van der Waals surface area contributed by atoms with Gasteiger partial charge in [-0.2, -0.15) is 16.8 Å². The summed E-state index contributed by atoms with van der Waals surface area (Å²) in [5.74, 6) is -0.435. The highest BCUT2D eigenvalue weighted by atomic mass is 32.2. The lowest BCUT2D eigenvalue weighted by molar-refractivity contribution is 0.466. The molecule has 1 atom stereocenters. The third kappa shape index (κ3) is 8.95. The molecule has 35 heavy (non-hydrogen) atoms. The Morgan fingerprint density at radius 3 is 2.29 bits per heavy atom. The predicted octanol–water partition coefficient (Wildman–Crippen LogP) is 5.46. The van der Waals surface area contributed by atoms with E-state index in [0.717, 1.165) is 11.3 Å². The van der Waals surface area contributed by atoms with Gasteiger partial charge in [-0.1, -0.05) is 62.1 Å². The zero-order chi connectivity index (χ0) is 26.1. The van der Waals surface area contributed by atoms with Crippen LogP contribution in [0.25, 0.3) is 0 Å².